The zero-order chi connectivity index (χ0) is 31.1. The number of aromatic hydroxyl groups is 3. The first-order valence-electron chi connectivity index (χ1n) is 16.0. The lowest BCUT2D eigenvalue weighted by Crippen LogP contribution is -2.11. The van der Waals surface area contributed by atoms with Crippen molar-refractivity contribution in [3.05, 3.63) is 159 Å². The average Bonchev–Trinajstić information content (AvgIpc) is 3.04. The molecule has 0 aliphatic heterocycles. The van der Waals surface area contributed by atoms with Gasteiger partial charge in [0.05, 0.1) is 0 Å². The summed E-state index contributed by atoms with van der Waals surface area (Å²) in [6, 6.07) is 36.2. The molecule has 0 saturated heterocycles. The maximum atomic E-state index is 12.4. The van der Waals surface area contributed by atoms with Crippen molar-refractivity contribution in [3.63, 3.8) is 0 Å². The fraction of sp³-hybridized carbons (Fsp3) is 0.268. The van der Waals surface area contributed by atoms with Crippen LogP contribution >= 0.6 is 0 Å². The zero-order valence-corrected chi connectivity index (χ0v) is 26.1. The first-order valence-corrected chi connectivity index (χ1v) is 16.0. The van der Waals surface area contributed by atoms with Crippen molar-refractivity contribution in [1.82, 2.24) is 0 Å². The second-order valence-electron chi connectivity index (χ2n) is 11.8. The highest BCUT2D eigenvalue weighted by Crippen LogP contribution is 2.47. The van der Waals surface area contributed by atoms with E-state index in [0.717, 1.165) is 88.6 Å². The standard InChI is InChI=1S/C41H44O3/c1-4-13-28-20-22-37(42)33(24-28)39(31-16-9-7-10-17-31)35-26-30(15-6-3)27-36(41(35)44)40(32-18-11-8-12-19-32)34-25-29(14-5-2)21-23-38(34)43/h7-12,16-27,39-40,42-44H,4-6,13-15H2,1-3H3. The quantitative estimate of drug-likeness (QED) is 0.128. The van der Waals surface area contributed by atoms with Gasteiger partial charge < -0.3 is 15.3 Å². The predicted octanol–water partition coefficient (Wildman–Crippen LogP) is 10.0. The van der Waals surface area contributed by atoms with Crippen molar-refractivity contribution in [2.24, 2.45) is 0 Å². The summed E-state index contributed by atoms with van der Waals surface area (Å²) in [5.41, 5.74) is 8.49. The Morgan fingerprint density at radius 1 is 0.432 bits per heavy atom. The van der Waals surface area contributed by atoms with Gasteiger partial charge in [0.25, 0.3) is 0 Å². The molecule has 0 radical (unpaired) electrons. The molecule has 3 nitrogen and oxygen atoms in total. The van der Waals surface area contributed by atoms with Crippen molar-refractivity contribution in [3.8, 4) is 17.2 Å². The van der Waals surface area contributed by atoms with Gasteiger partial charge in [-0.1, -0.05) is 137 Å². The monoisotopic (exact) mass is 584 g/mol. The van der Waals surface area contributed by atoms with Gasteiger partial charge in [-0.25, -0.2) is 0 Å². The summed E-state index contributed by atoms with van der Waals surface area (Å²) >= 11 is 0. The van der Waals surface area contributed by atoms with Crippen LogP contribution in [0, 0.1) is 0 Å². The zero-order valence-electron chi connectivity index (χ0n) is 26.1. The Labute approximate surface area is 262 Å². The molecule has 3 heteroatoms. The van der Waals surface area contributed by atoms with E-state index < -0.39 is 0 Å². The third-order valence-corrected chi connectivity index (χ3v) is 8.54. The topological polar surface area (TPSA) is 60.7 Å². The van der Waals surface area contributed by atoms with Crippen LogP contribution < -0.4 is 0 Å². The summed E-state index contributed by atoms with van der Waals surface area (Å²) in [5, 5.41) is 35.0. The normalized spacial score (nSPS) is 12.6. The lowest BCUT2D eigenvalue weighted by Gasteiger charge is -2.27. The number of phenolic OH excluding ortho intramolecular Hbond substituents is 3. The summed E-state index contributed by atoms with van der Waals surface area (Å²) in [4.78, 5) is 0. The highest BCUT2D eigenvalue weighted by Gasteiger charge is 2.30. The third-order valence-electron chi connectivity index (χ3n) is 8.54. The molecule has 0 spiro atoms. The Morgan fingerprint density at radius 2 is 0.795 bits per heavy atom. The van der Waals surface area contributed by atoms with Crippen LogP contribution in [0.15, 0.2) is 109 Å². The minimum atomic E-state index is -0.389. The molecule has 0 aromatic heterocycles. The van der Waals surface area contributed by atoms with E-state index in [1.54, 1.807) is 12.1 Å². The van der Waals surface area contributed by atoms with Crippen LogP contribution in [0.5, 0.6) is 17.2 Å². The number of rotatable bonds is 12. The largest absolute Gasteiger partial charge is 0.508 e. The molecule has 5 rings (SSSR count). The summed E-state index contributed by atoms with van der Waals surface area (Å²) in [6.07, 6.45) is 5.61. The molecular formula is C41H44O3. The first-order chi connectivity index (χ1) is 21.4. The van der Waals surface area contributed by atoms with E-state index in [2.05, 4.69) is 69.3 Å². The van der Waals surface area contributed by atoms with Gasteiger partial charge in [0, 0.05) is 34.1 Å². The molecule has 0 amide bonds. The fourth-order valence-corrected chi connectivity index (χ4v) is 6.52. The summed E-state index contributed by atoms with van der Waals surface area (Å²) in [7, 11) is 0. The molecule has 0 aliphatic rings. The van der Waals surface area contributed by atoms with Crippen LogP contribution in [0.25, 0.3) is 0 Å². The highest BCUT2D eigenvalue weighted by atomic mass is 16.3. The van der Waals surface area contributed by atoms with Gasteiger partial charge in [0.2, 0.25) is 0 Å². The van der Waals surface area contributed by atoms with Gasteiger partial charge in [-0.3, -0.25) is 0 Å². The van der Waals surface area contributed by atoms with Gasteiger partial charge in [-0.2, -0.15) is 0 Å². The van der Waals surface area contributed by atoms with Crippen LogP contribution in [0.1, 0.15) is 102 Å². The highest BCUT2D eigenvalue weighted by molar-refractivity contribution is 5.61. The molecule has 5 aromatic carbocycles. The van der Waals surface area contributed by atoms with Crippen LogP contribution in [0.3, 0.4) is 0 Å². The Hall–Kier alpha value is -4.50. The van der Waals surface area contributed by atoms with Gasteiger partial charge in [-0.05, 0) is 59.2 Å². The molecule has 0 fully saturated rings. The van der Waals surface area contributed by atoms with E-state index in [0.29, 0.717) is 0 Å². The summed E-state index contributed by atoms with van der Waals surface area (Å²) in [5.74, 6) is -0.164. The van der Waals surface area contributed by atoms with E-state index in [1.165, 1.54) is 0 Å². The molecule has 0 bridgehead atoms. The molecular weight excluding hydrogens is 540 g/mol. The van der Waals surface area contributed by atoms with E-state index in [4.69, 9.17) is 0 Å². The number of benzene rings is 5. The van der Waals surface area contributed by atoms with Crippen molar-refractivity contribution in [2.45, 2.75) is 71.1 Å². The van der Waals surface area contributed by atoms with Gasteiger partial charge in [0.15, 0.2) is 0 Å². The number of phenols is 3. The van der Waals surface area contributed by atoms with E-state index in [9.17, 15) is 15.3 Å². The summed E-state index contributed by atoms with van der Waals surface area (Å²) in [6.45, 7) is 6.47. The second kappa shape index (κ2) is 14.3. The smallest absolute Gasteiger partial charge is 0.123 e. The SMILES string of the molecule is CCCc1ccc(O)c(C(c2ccccc2)c2cc(CCC)cc(C(c3ccccc3)c3cc(CCC)ccc3O)c2O)c1. The Kier molecular flexibility index (Phi) is 10.1. The molecule has 2 unspecified atom stereocenters. The van der Waals surface area contributed by atoms with Crippen LogP contribution in [0.4, 0.5) is 0 Å². The van der Waals surface area contributed by atoms with E-state index >= 15 is 0 Å². The van der Waals surface area contributed by atoms with Crippen LogP contribution in [0.2, 0.25) is 0 Å². The van der Waals surface area contributed by atoms with Crippen LogP contribution in [-0.4, -0.2) is 15.3 Å². The molecule has 0 saturated carbocycles. The fourth-order valence-electron chi connectivity index (χ4n) is 6.52. The molecule has 0 aliphatic carbocycles. The van der Waals surface area contributed by atoms with Gasteiger partial charge in [0.1, 0.15) is 17.2 Å². The van der Waals surface area contributed by atoms with Crippen molar-refractivity contribution in [2.75, 3.05) is 0 Å². The summed E-state index contributed by atoms with van der Waals surface area (Å²) < 4.78 is 0. The van der Waals surface area contributed by atoms with Gasteiger partial charge in [-0.15, -0.1) is 0 Å². The molecule has 5 aromatic rings. The molecule has 0 heterocycles. The maximum Gasteiger partial charge on any atom is 0.123 e. The average molecular weight is 585 g/mol. The van der Waals surface area contributed by atoms with Crippen molar-refractivity contribution in [1.29, 1.82) is 0 Å². The maximum absolute atomic E-state index is 12.4. The third kappa shape index (κ3) is 6.68. The molecule has 226 valence electrons. The number of hydrogen-bond acceptors (Lipinski definition) is 3. The lowest BCUT2D eigenvalue weighted by atomic mass is 9.77. The molecule has 2 atom stereocenters. The Morgan fingerprint density at radius 3 is 1.18 bits per heavy atom. The van der Waals surface area contributed by atoms with Crippen LogP contribution in [-0.2, 0) is 19.3 Å². The Bertz CT molecular complexity index is 1550. The van der Waals surface area contributed by atoms with Crippen molar-refractivity contribution < 1.29 is 15.3 Å². The number of hydrogen-bond donors (Lipinski definition) is 3. The molecule has 44 heavy (non-hydrogen) atoms. The Balaban J connectivity index is 1.82. The van der Waals surface area contributed by atoms with E-state index in [-0.39, 0.29) is 29.1 Å². The predicted molar refractivity (Wildman–Crippen MR) is 181 cm³/mol. The number of aryl methyl sites for hydroxylation is 3. The minimum Gasteiger partial charge on any atom is -0.508 e. The first kappa shape index (κ1) is 30.9. The molecule has 3 N–H and O–H groups in total. The lowest BCUT2D eigenvalue weighted by molar-refractivity contribution is 0.450. The van der Waals surface area contributed by atoms with Gasteiger partial charge >= 0.3 is 0 Å². The second-order valence-corrected chi connectivity index (χ2v) is 11.8. The van der Waals surface area contributed by atoms with E-state index in [1.807, 2.05) is 48.5 Å². The minimum absolute atomic E-state index is 0.188. The van der Waals surface area contributed by atoms with Crippen molar-refractivity contribution >= 4 is 0 Å².